The van der Waals surface area contributed by atoms with E-state index in [4.69, 9.17) is 33.7 Å². The second-order valence-corrected chi connectivity index (χ2v) is 5.01. The van der Waals surface area contributed by atoms with Crippen LogP contribution in [0.2, 0.25) is 10.0 Å². The first-order valence-electron chi connectivity index (χ1n) is 5.86. The topological polar surface area (TPSA) is 55.5 Å². The van der Waals surface area contributed by atoms with Crippen molar-refractivity contribution in [3.8, 4) is 17.2 Å². The standard InChI is InChI=1S/C15H13Cl2NO2/c1-2-3-9-6-11(4-5-14(9)19)20-15-12(16)7-10(18)8-13(15)17/h2,4-8,19H,1,3,18H2. The Bertz CT molecular complexity index is 633. The fourth-order valence-corrected chi connectivity index (χ4v) is 2.32. The molecule has 3 N–H and O–H groups in total. The van der Waals surface area contributed by atoms with Crippen LogP contribution < -0.4 is 10.5 Å². The highest BCUT2D eigenvalue weighted by Crippen LogP contribution is 2.38. The molecule has 0 spiro atoms. The lowest BCUT2D eigenvalue weighted by atomic mass is 10.1. The van der Waals surface area contributed by atoms with Gasteiger partial charge in [-0.15, -0.1) is 6.58 Å². The summed E-state index contributed by atoms with van der Waals surface area (Å²) in [6.45, 7) is 3.64. The lowest BCUT2D eigenvalue weighted by Gasteiger charge is -2.12. The van der Waals surface area contributed by atoms with Crippen molar-refractivity contribution in [3.63, 3.8) is 0 Å². The molecule has 0 saturated carbocycles. The lowest BCUT2D eigenvalue weighted by molar-refractivity contribution is 0.459. The van der Waals surface area contributed by atoms with Crippen molar-refractivity contribution in [1.82, 2.24) is 0 Å². The monoisotopic (exact) mass is 309 g/mol. The molecule has 0 heterocycles. The minimum absolute atomic E-state index is 0.187. The van der Waals surface area contributed by atoms with Gasteiger partial charge in [-0.2, -0.15) is 0 Å². The van der Waals surface area contributed by atoms with Gasteiger partial charge in [0.2, 0.25) is 0 Å². The summed E-state index contributed by atoms with van der Waals surface area (Å²) >= 11 is 12.1. The number of hydrogen-bond acceptors (Lipinski definition) is 3. The minimum atomic E-state index is 0.187. The molecule has 20 heavy (non-hydrogen) atoms. The van der Waals surface area contributed by atoms with Crippen molar-refractivity contribution in [3.05, 3.63) is 58.6 Å². The Labute approximate surface area is 127 Å². The minimum Gasteiger partial charge on any atom is -0.508 e. The highest BCUT2D eigenvalue weighted by molar-refractivity contribution is 6.37. The molecule has 104 valence electrons. The molecule has 5 heteroatoms. The van der Waals surface area contributed by atoms with E-state index in [-0.39, 0.29) is 5.75 Å². The van der Waals surface area contributed by atoms with E-state index < -0.39 is 0 Å². The van der Waals surface area contributed by atoms with Crippen LogP contribution in [0.15, 0.2) is 43.0 Å². The molecular formula is C15H13Cl2NO2. The van der Waals surface area contributed by atoms with Crippen LogP contribution in [0, 0.1) is 0 Å². The smallest absolute Gasteiger partial charge is 0.164 e. The molecule has 0 aliphatic rings. The van der Waals surface area contributed by atoms with Crippen LogP contribution in [0.1, 0.15) is 5.56 Å². The normalized spacial score (nSPS) is 10.3. The van der Waals surface area contributed by atoms with Crippen LogP contribution in [0.25, 0.3) is 0 Å². The van der Waals surface area contributed by atoms with Gasteiger partial charge in [0.05, 0.1) is 10.0 Å². The number of benzene rings is 2. The predicted molar refractivity (Wildman–Crippen MR) is 83.0 cm³/mol. The van der Waals surface area contributed by atoms with Crippen molar-refractivity contribution in [1.29, 1.82) is 0 Å². The number of ether oxygens (including phenoxy) is 1. The third kappa shape index (κ3) is 3.18. The number of nitrogen functional groups attached to an aromatic ring is 1. The Kier molecular flexibility index (Phi) is 4.42. The Balaban J connectivity index is 2.35. The summed E-state index contributed by atoms with van der Waals surface area (Å²) in [6.07, 6.45) is 2.23. The van der Waals surface area contributed by atoms with E-state index in [2.05, 4.69) is 6.58 Å². The summed E-state index contributed by atoms with van der Waals surface area (Å²) in [5, 5.41) is 10.4. The molecule has 0 fully saturated rings. The van der Waals surface area contributed by atoms with Crippen molar-refractivity contribution >= 4 is 28.9 Å². The molecule has 0 bridgehead atoms. The Morgan fingerprint density at radius 2 is 1.85 bits per heavy atom. The molecule has 0 aliphatic heterocycles. The van der Waals surface area contributed by atoms with Gasteiger partial charge < -0.3 is 15.6 Å². The first-order chi connectivity index (χ1) is 9.51. The summed E-state index contributed by atoms with van der Waals surface area (Å²) in [4.78, 5) is 0. The highest BCUT2D eigenvalue weighted by Gasteiger charge is 2.11. The van der Waals surface area contributed by atoms with Gasteiger partial charge in [0, 0.05) is 11.3 Å². The zero-order valence-corrected chi connectivity index (χ0v) is 12.1. The van der Waals surface area contributed by atoms with E-state index in [1.165, 1.54) is 0 Å². The largest absolute Gasteiger partial charge is 0.508 e. The van der Waals surface area contributed by atoms with E-state index in [9.17, 15) is 5.11 Å². The van der Waals surface area contributed by atoms with Gasteiger partial charge in [0.15, 0.2) is 5.75 Å². The lowest BCUT2D eigenvalue weighted by Crippen LogP contribution is -1.91. The van der Waals surface area contributed by atoms with Gasteiger partial charge in [-0.25, -0.2) is 0 Å². The van der Waals surface area contributed by atoms with Crippen molar-refractivity contribution < 1.29 is 9.84 Å². The first-order valence-corrected chi connectivity index (χ1v) is 6.62. The van der Waals surface area contributed by atoms with Gasteiger partial charge >= 0.3 is 0 Å². The maximum absolute atomic E-state index is 9.71. The number of allylic oxidation sites excluding steroid dienone is 1. The zero-order valence-electron chi connectivity index (χ0n) is 10.6. The second kappa shape index (κ2) is 6.07. The van der Waals surface area contributed by atoms with Crippen LogP contribution in [-0.2, 0) is 6.42 Å². The van der Waals surface area contributed by atoms with Crippen molar-refractivity contribution in [2.45, 2.75) is 6.42 Å². The Morgan fingerprint density at radius 3 is 2.45 bits per heavy atom. The van der Waals surface area contributed by atoms with E-state index in [1.54, 1.807) is 36.4 Å². The van der Waals surface area contributed by atoms with Crippen LogP contribution in [0.5, 0.6) is 17.2 Å². The van der Waals surface area contributed by atoms with Crippen molar-refractivity contribution in [2.75, 3.05) is 5.73 Å². The number of hydrogen-bond donors (Lipinski definition) is 2. The van der Waals surface area contributed by atoms with Crippen molar-refractivity contribution in [2.24, 2.45) is 0 Å². The fourth-order valence-electron chi connectivity index (χ4n) is 1.74. The Morgan fingerprint density at radius 1 is 1.20 bits per heavy atom. The van der Waals surface area contributed by atoms with Crippen LogP contribution in [0.3, 0.4) is 0 Å². The SMILES string of the molecule is C=CCc1cc(Oc2c(Cl)cc(N)cc2Cl)ccc1O. The van der Waals surface area contributed by atoms with Crippen LogP contribution in [-0.4, -0.2) is 5.11 Å². The average molecular weight is 310 g/mol. The van der Waals surface area contributed by atoms with E-state index in [1.807, 2.05) is 0 Å². The summed E-state index contributed by atoms with van der Waals surface area (Å²) < 4.78 is 5.67. The molecule has 0 atom stereocenters. The average Bonchev–Trinajstić information content (AvgIpc) is 2.37. The number of anilines is 1. The molecule has 0 unspecified atom stereocenters. The van der Waals surface area contributed by atoms with Gasteiger partial charge in [0.25, 0.3) is 0 Å². The molecule has 0 radical (unpaired) electrons. The molecule has 0 aliphatic carbocycles. The van der Waals surface area contributed by atoms with E-state index >= 15 is 0 Å². The van der Waals surface area contributed by atoms with Gasteiger partial charge in [0.1, 0.15) is 11.5 Å². The number of rotatable bonds is 4. The molecule has 2 rings (SSSR count). The zero-order chi connectivity index (χ0) is 14.7. The second-order valence-electron chi connectivity index (χ2n) is 4.20. The van der Waals surface area contributed by atoms with E-state index in [0.29, 0.717) is 39.2 Å². The van der Waals surface area contributed by atoms with Gasteiger partial charge in [-0.05, 0) is 36.8 Å². The number of aromatic hydroxyl groups is 1. The van der Waals surface area contributed by atoms with Gasteiger partial charge in [-0.1, -0.05) is 29.3 Å². The number of phenolic OH excluding ortho intramolecular Hbond substituents is 1. The quantitative estimate of drug-likeness (QED) is 0.630. The third-order valence-corrected chi connectivity index (χ3v) is 3.22. The maximum atomic E-state index is 9.71. The first kappa shape index (κ1) is 14.6. The molecule has 2 aromatic rings. The molecular weight excluding hydrogens is 297 g/mol. The highest BCUT2D eigenvalue weighted by atomic mass is 35.5. The summed E-state index contributed by atoms with van der Waals surface area (Å²) in [7, 11) is 0. The third-order valence-electron chi connectivity index (χ3n) is 2.66. The fraction of sp³-hybridized carbons (Fsp3) is 0.0667. The number of nitrogens with two attached hydrogens (primary N) is 1. The van der Waals surface area contributed by atoms with Crippen LogP contribution >= 0.6 is 23.2 Å². The molecule has 0 aromatic heterocycles. The predicted octanol–water partition coefficient (Wildman–Crippen LogP) is 4.80. The molecule has 3 nitrogen and oxygen atoms in total. The maximum Gasteiger partial charge on any atom is 0.164 e. The van der Waals surface area contributed by atoms with E-state index in [0.717, 1.165) is 0 Å². The molecule has 2 aromatic carbocycles. The van der Waals surface area contributed by atoms with Crippen LogP contribution in [0.4, 0.5) is 5.69 Å². The summed E-state index contributed by atoms with van der Waals surface area (Å²) in [5.74, 6) is 1.04. The molecule has 0 amide bonds. The molecule has 0 saturated heterocycles. The number of halogens is 2. The summed E-state index contributed by atoms with van der Waals surface area (Å²) in [5.41, 5.74) is 6.81. The van der Waals surface area contributed by atoms with Gasteiger partial charge in [-0.3, -0.25) is 0 Å². The summed E-state index contributed by atoms with van der Waals surface area (Å²) in [6, 6.07) is 8.01. The Hall–Kier alpha value is -1.84. The number of phenols is 1.